The molecule has 0 bridgehead atoms. The van der Waals surface area contributed by atoms with Crippen LogP contribution in [0.4, 0.5) is 0 Å². The van der Waals surface area contributed by atoms with E-state index in [4.69, 9.17) is 9.26 Å². The van der Waals surface area contributed by atoms with Crippen LogP contribution in [0.25, 0.3) is 11.3 Å². The highest BCUT2D eigenvalue weighted by molar-refractivity contribution is 5.78. The first-order valence-electron chi connectivity index (χ1n) is 7.65. The second-order valence-corrected chi connectivity index (χ2v) is 5.35. The lowest BCUT2D eigenvalue weighted by Crippen LogP contribution is -2.24. The van der Waals surface area contributed by atoms with Crippen molar-refractivity contribution in [1.29, 1.82) is 0 Å². The molecule has 122 valence electrons. The molecule has 3 aromatic rings. The van der Waals surface area contributed by atoms with Gasteiger partial charge in [-0.15, -0.1) is 0 Å². The summed E-state index contributed by atoms with van der Waals surface area (Å²) >= 11 is 0. The lowest BCUT2D eigenvalue weighted by Gasteiger charge is -2.05. The number of aromatic nitrogens is 1. The van der Waals surface area contributed by atoms with Gasteiger partial charge in [0.05, 0.1) is 13.5 Å². The quantitative estimate of drug-likeness (QED) is 0.757. The predicted molar refractivity (Wildman–Crippen MR) is 90.5 cm³/mol. The number of carbonyl (C=O) groups excluding carboxylic acids is 1. The molecule has 5 heteroatoms. The van der Waals surface area contributed by atoms with Gasteiger partial charge in [0.15, 0.2) is 0 Å². The summed E-state index contributed by atoms with van der Waals surface area (Å²) in [6.07, 6.45) is 0.163. The van der Waals surface area contributed by atoms with Gasteiger partial charge in [0.1, 0.15) is 17.2 Å². The number of methoxy groups -OCH3 is 1. The van der Waals surface area contributed by atoms with Crippen LogP contribution >= 0.6 is 0 Å². The van der Waals surface area contributed by atoms with Gasteiger partial charge in [-0.05, 0) is 17.7 Å². The van der Waals surface area contributed by atoms with E-state index in [9.17, 15) is 4.79 Å². The number of nitrogens with zero attached hydrogens (tertiary/aromatic N) is 1. The number of carbonyl (C=O) groups is 1. The second-order valence-electron chi connectivity index (χ2n) is 5.35. The Morgan fingerprint density at radius 1 is 1.12 bits per heavy atom. The van der Waals surface area contributed by atoms with Crippen molar-refractivity contribution in [3.63, 3.8) is 0 Å². The maximum Gasteiger partial charge on any atom is 0.227 e. The number of amides is 1. The fraction of sp³-hybridized carbons (Fsp3) is 0.158. The van der Waals surface area contributed by atoms with E-state index in [1.807, 2.05) is 54.6 Å². The summed E-state index contributed by atoms with van der Waals surface area (Å²) < 4.78 is 10.4. The molecule has 24 heavy (non-hydrogen) atoms. The molecule has 0 radical (unpaired) electrons. The Bertz CT molecular complexity index is 795. The Hall–Kier alpha value is -3.08. The van der Waals surface area contributed by atoms with Gasteiger partial charge in [0.25, 0.3) is 0 Å². The summed E-state index contributed by atoms with van der Waals surface area (Å²) in [4.78, 5) is 12.0. The fourth-order valence-electron chi connectivity index (χ4n) is 2.31. The van der Waals surface area contributed by atoms with Crippen molar-refractivity contribution in [2.75, 3.05) is 7.11 Å². The second kappa shape index (κ2) is 7.46. The third-order valence-corrected chi connectivity index (χ3v) is 3.61. The monoisotopic (exact) mass is 322 g/mol. The molecular weight excluding hydrogens is 304 g/mol. The van der Waals surface area contributed by atoms with Gasteiger partial charge in [-0.3, -0.25) is 4.79 Å². The first kappa shape index (κ1) is 15.8. The highest BCUT2D eigenvalue weighted by atomic mass is 16.5. The summed E-state index contributed by atoms with van der Waals surface area (Å²) in [5.41, 5.74) is 2.70. The Balaban J connectivity index is 1.54. The molecule has 1 amide bonds. The molecule has 0 aliphatic heterocycles. The van der Waals surface area contributed by atoms with Crippen LogP contribution in [-0.2, 0) is 17.8 Å². The van der Waals surface area contributed by atoms with E-state index < -0.39 is 0 Å². The van der Waals surface area contributed by atoms with Crippen LogP contribution in [0.15, 0.2) is 65.2 Å². The molecule has 1 aromatic heterocycles. The molecule has 0 spiro atoms. The summed E-state index contributed by atoms with van der Waals surface area (Å²) in [6.45, 7) is 0.461. The van der Waals surface area contributed by atoms with Gasteiger partial charge in [-0.25, -0.2) is 0 Å². The molecule has 0 unspecified atom stereocenters. The number of hydrogen-bond acceptors (Lipinski definition) is 4. The minimum Gasteiger partial charge on any atom is -0.497 e. The van der Waals surface area contributed by atoms with Gasteiger partial charge in [-0.1, -0.05) is 47.6 Å². The van der Waals surface area contributed by atoms with Crippen LogP contribution in [0.3, 0.4) is 0 Å². The molecule has 0 saturated carbocycles. The van der Waals surface area contributed by atoms with Crippen molar-refractivity contribution >= 4 is 5.91 Å². The lowest BCUT2D eigenvalue weighted by atomic mass is 10.1. The average molecular weight is 322 g/mol. The SMILES string of the molecule is COc1ccc(CNC(=O)Cc2cc(-c3ccccc3)no2)cc1. The average Bonchev–Trinajstić information content (AvgIpc) is 3.09. The van der Waals surface area contributed by atoms with Crippen LogP contribution in [0.1, 0.15) is 11.3 Å². The molecule has 1 N–H and O–H groups in total. The fourth-order valence-corrected chi connectivity index (χ4v) is 2.31. The van der Waals surface area contributed by atoms with Crippen LogP contribution in [0.2, 0.25) is 0 Å². The van der Waals surface area contributed by atoms with E-state index in [1.54, 1.807) is 13.2 Å². The molecular formula is C19H18N2O3. The molecule has 0 aliphatic carbocycles. The number of rotatable bonds is 6. The molecule has 0 aliphatic rings. The van der Waals surface area contributed by atoms with Crippen molar-refractivity contribution < 1.29 is 14.1 Å². The van der Waals surface area contributed by atoms with E-state index >= 15 is 0 Å². The van der Waals surface area contributed by atoms with Crippen LogP contribution in [0, 0.1) is 0 Å². The van der Waals surface area contributed by atoms with Crippen LogP contribution in [0.5, 0.6) is 5.75 Å². The van der Waals surface area contributed by atoms with Gasteiger partial charge < -0.3 is 14.6 Å². The van der Waals surface area contributed by atoms with Gasteiger partial charge in [-0.2, -0.15) is 0 Å². The van der Waals surface area contributed by atoms with Gasteiger partial charge in [0.2, 0.25) is 5.91 Å². The molecule has 1 heterocycles. The Morgan fingerprint density at radius 3 is 2.58 bits per heavy atom. The normalized spacial score (nSPS) is 10.4. The first-order valence-corrected chi connectivity index (χ1v) is 7.65. The summed E-state index contributed by atoms with van der Waals surface area (Å²) in [5, 5.41) is 6.87. The van der Waals surface area contributed by atoms with E-state index in [0.29, 0.717) is 12.3 Å². The molecule has 0 atom stereocenters. The van der Waals surface area contributed by atoms with Gasteiger partial charge in [0, 0.05) is 18.2 Å². The Labute approximate surface area is 140 Å². The Morgan fingerprint density at radius 2 is 1.88 bits per heavy atom. The molecule has 5 nitrogen and oxygen atoms in total. The van der Waals surface area contributed by atoms with E-state index in [2.05, 4.69) is 10.5 Å². The van der Waals surface area contributed by atoms with Crippen molar-refractivity contribution in [1.82, 2.24) is 10.5 Å². The number of ether oxygens (including phenoxy) is 1. The van der Waals surface area contributed by atoms with Crippen LogP contribution in [-0.4, -0.2) is 18.2 Å². The minimum absolute atomic E-state index is 0.110. The Kier molecular flexibility index (Phi) is 4.91. The zero-order valence-corrected chi connectivity index (χ0v) is 13.4. The molecule has 3 rings (SSSR count). The zero-order valence-electron chi connectivity index (χ0n) is 13.4. The first-order chi connectivity index (χ1) is 11.7. The third-order valence-electron chi connectivity index (χ3n) is 3.61. The van der Waals surface area contributed by atoms with Crippen LogP contribution < -0.4 is 10.1 Å². The van der Waals surface area contributed by atoms with Crippen molar-refractivity contribution in [2.45, 2.75) is 13.0 Å². The summed E-state index contributed by atoms with van der Waals surface area (Å²) in [5.74, 6) is 1.22. The van der Waals surface area contributed by atoms with E-state index in [-0.39, 0.29) is 12.3 Å². The molecule has 0 saturated heterocycles. The number of hydrogen-bond donors (Lipinski definition) is 1. The minimum atomic E-state index is -0.110. The summed E-state index contributed by atoms with van der Waals surface area (Å²) in [7, 11) is 1.62. The third kappa shape index (κ3) is 4.01. The smallest absolute Gasteiger partial charge is 0.227 e. The van der Waals surface area contributed by atoms with E-state index in [1.165, 1.54) is 0 Å². The predicted octanol–water partition coefficient (Wildman–Crippen LogP) is 3.21. The molecule has 2 aromatic carbocycles. The zero-order chi connectivity index (χ0) is 16.8. The molecule has 0 fully saturated rings. The maximum atomic E-state index is 12.0. The number of nitrogens with one attached hydrogen (secondary N) is 1. The van der Waals surface area contributed by atoms with Crippen molar-refractivity contribution in [3.05, 3.63) is 72.0 Å². The highest BCUT2D eigenvalue weighted by Gasteiger charge is 2.10. The van der Waals surface area contributed by atoms with E-state index in [0.717, 1.165) is 22.6 Å². The largest absolute Gasteiger partial charge is 0.497 e. The van der Waals surface area contributed by atoms with Gasteiger partial charge >= 0.3 is 0 Å². The van der Waals surface area contributed by atoms with Crippen molar-refractivity contribution in [3.8, 4) is 17.0 Å². The van der Waals surface area contributed by atoms with Crippen molar-refractivity contribution in [2.24, 2.45) is 0 Å². The maximum absolute atomic E-state index is 12.0. The highest BCUT2D eigenvalue weighted by Crippen LogP contribution is 2.18. The number of benzene rings is 2. The summed E-state index contributed by atoms with van der Waals surface area (Å²) in [6, 6.07) is 19.1. The standard InChI is InChI=1S/C19H18N2O3/c1-23-16-9-7-14(8-10-16)13-20-19(22)12-17-11-18(21-24-17)15-5-3-2-4-6-15/h2-11H,12-13H2,1H3,(H,20,22). The topological polar surface area (TPSA) is 64.4 Å². The lowest BCUT2D eigenvalue weighted by molar-refractivity contribution is -0.120.